The van der Waals surface area contributed by atoms with Gasteiger partial charge in [0, 0.05) is 16.2 Å². The van der Waals surface area contributed by atoms with Gasteiger partial charge in [0.1, 0.15) is 21.5 Å². The highest BCUT2D eigenvalue weighted by Gasteiger charge is 2.30. The minimum Gasteiger partial charge on any atom is -0.323 e. The number of rotatable bonds is 5. The molecule has 0 radical (unpaired) electrons. The molecule has 7 heteroatoms. The Morgan fingerprint density at radius 2 is 2.10 bits per heavy atom. The van der Waals surface area contributed by atoms with Gasteiger partial charge in [0.15, 0.2) is 0 Å². The third-order valence-electron chi connectivity index (χ3n) is 5.57. The van der Waals surface area contributed by atoms with E-state index in [-0.39, 0.29) is 17.3 Å². The number of carbonyl (C=O) groups excluding carboxylic acids is 1. The Morgan fingerprint density at radius 3 is 2.90 bits per heavy atom. The Kier molecular flexibility index (Phi) is 5.04. The van der Waals surface area contributed by atoms with Gasteiger partial charge in [-0.15, -0.1) is 11.3 Å². The first kappa shape index (κ1) is 19.0. The molecule has 1 atom stereocenters. The molecule has 2 aromatic heterocycles. The molecule has 0 saturated heterocycles. The Hall–Kier alpha value is -1.99. The third-order valence-corrected chi connectivity index (χ3v) is 7.69. The maximum absolute atomic E-state index is 13.8. The van der Waals surface area contributed by atoms with Crippen LogP contribution in [0.4, 0.5) is 10.1 Å². The largest absolute Gasteiger partial charge is 0.323 e. The molecule has 29 heavy (non-hydrogen) atoms. The molecule has 1 saturated carbocycles. The second-order valence-electron chi connectivity index (χ2n) is 8.01. The van der Waals surface area contributed by atoms with Crippen molar-refractivity contribution in [2.24, 2.45) is 5.92 Å². The van der Waals surface area contributed by atoms with Gasteiger partial charge >= 0.3 is 0 Å². The van der Waals surface area contributed by atoms with Gasteiger partial charge in [0.2, 0.25) is 5.91 Å². The second kappa shape index (κ2) is 7.69. The summed E-state index contributed by atoms with van der Waals surface area (Å²) in [6, 6.07) is 6.23. The first-order valence-electron chi connectivity index (χ1n) is 10.1. The maximum Gasteiger partial charge on any atom is 0.234 e. The zero-order valence-electron chi connectivity index (χ0n) is 16.2. The van der Waals surface area contributed by atoms with E-state index >= 15 is 0 Å². The molecule has 1 amide bonds. The predicted octanol–water partition coefficient (Wildman–Crippen LogP) is 5.56. The van der Waals surface area contributed by atoms with Crippen LogP contribution in [0.25, 0.3) is 10.2 Å². The lowest BCUT2D eigenvalue weighted by Gasteiger charge is -2.18. The summed E-state index contributed by atoms with van der Waals surface area (Å²) in [5, 5.41) is 4.72. The molecule has 150 valence electrons. The summed E-state index contributed by atoms with van der Waals surface area (Å²) in [7, 11) is 0. The second-order valence-corrected chi connectivity index (χ2v) is 10.1. The van der Waals surface area contributed by atoms with Gasteiger partial charge < -0.3 is 5.32 Å². The van der Waals surface area contributed by atoms with E-state index in [1.54, 1.807) is 29.5 Å². The quantitative estimate of drug-likeness (QED) is 0.428. The first-order valence-corrected chi connectivity index (χ1v) is 11.9. The molecule has 2 aliphatic carbocycles. The molecule has 5 rings (SSSR count). The van der Waals surface area contributed by atoms with Gasteiger partial charge in [-0.3, -0.25) is 4.79 Å². The molecule has 2 heterocycles. The molecule has 0 unspecified atom stereocenters. The van der Waals surface area contributed by atoms with Crippen LogP contribution in [0, 0.1) is 11.7 Å². The lowest BCUT2D eigenvalue weighted by Crippen LogP contribution is -2.15. The number of fused-ring (bicyclic) bond motifs is 3. The van der Waals surface area contributed by atoms with Gasteiger partial charge in [-0.05, 0) is 55.7 Å². The van der Waals surface area contributed by atoms with E-state index in [9.17, 15) is 9.18 Å². The SMILES string of the molecule is C[C@H]1CCc2c(sc3nc(C4CC4)nc(SCC(=O)Nc4ccccc4F)c23)C1. The van der Waals surface area contributed by atoms with E-state index in [1.165, 1.54) is 34.7 Å². The number of para-hydroxylation sites is 1. The van der Waals surface area contributed by atoms with Crippen LogP contribution in [0.5, 0.6) is 0 Å². The summed E-state index contributed by atoms with van der Waals surface area (Å²) >= 11 is 3.24. The number of amides is 1. The Balaban J connectivity index is 1.42. The minimum absolute atomic E-state index is 0.200. The van der Waals surface area contributed by atoms with Crippen molar-refractivity contribution in [1.82, 2.24) is 9.97 Å². The van der Waals surface area contributed by atoms with E-state index in [0.29, 0.717) is 11.8 Å². The fourth-order valence-corrected chi connectivity index (χ4v) is 6.15. The summed E-state index contributed by atoms with van der Waals surface area (Å²) in [6.07, 6.45) is 5.63. The molecule has 0 spiro atoms. The van der Waals surface area contributed by atoms with E-state index in [4.69, 9.17) is 9.97 Å². The number of aryl methyl sites for hydroxylation is 1. The molecule has 1 fully saturated rings. The van der Waals surface area contributed by atoms with Crippen LogP contribution in [-0.2, 0) is 17.6 Å². The normalized spacial score (nSPS) is 18.6. The number of nitrogens with one attached hydrogen (secondary N) is 1. The zero-order chi connectivity index (χ0) is 20.0. The molecule has 2 aliphatic rings. The molecular formula is C22H22FN3OS2. The van der Waals surface area contributed by atoms with Crippen molar-refractivity contribution in [3.05, 3.63) is 46.3 Å². The van der Waals surface area contributed by atoms with Gasteiger partial charge in [0.25, 0.3) is 0 Å². The highest BCUT2D eigenvalue weighted by atomic mass is 32.2. The highest BCUT2D eigenvalue weighted by molar-refractivity contribution is 8.00. The van der Waals surface area contributed by atoms with Crippen LogP contribution >= 0.6 is 23.1 Å². The van der Waals surface area contributed by atoms with Gasteiger partial charge in [0.05, 0.1) is 11.4 Å². The molecule has 4 nitrogen and oxygen atoms in total. The van der Waals surface area contributed by atoms with Crippen LogP contribution in [0.3, 0.4) is 0 Å². The van der Waals surface area contributed by atoms with Crippen LogP contribution in [-0.4, -0.2) is 21.6 Å². The average molecular weight is 428 g/mol. The average Bonchev–Trinajstić information content (AvgIpc) is 3.48. The van der Waals surface area contributed by atoms with E-state index in [2.05, 4.69) is 12.2 Å². The Bertz CT molecular complexity index is 1090. The summed E-state index contributed by atoms with van der Waals surface area (Å²) in [5.74, 6) is 1.63. The number of benzene rings is 1. The minimum atomic E-state index is -0.424. The van der Waals surface area contributed by atoms with Gasteiger partial charge in [-0.1, -0.05) is 30.8 Å². The molecule has 0 aliphatic heterocycles. The standard InChI is InChI=1S/C22H22FN3OS2/c1-12-6-9-14-17(10-12)29-22-19(14)21(25-20(26-22)13-7-8-13)28-11-18(27)24-16-5-3-2-4-15(16)23/h2-5,12-13H,6-11H2,1H3,(H,24,27)/t12-/m0/s1. The van der Waals surface area contributed by atoms with E-state index < -0.39 is 5.82 Å². The monoisotopic (exact) mass is 427 g/mol. The zero-order valence-corrected chi connectivity index (χ0v) is 17.8. The number of halogens is 1. The van der Waals surface area contributed by atoms with Crippen molar-refractivity contribution in [2.45, 2.75) is 50.0 Å². The summed E-state index contributed by atoms with van der Waals surface area (Å²) in [5.41, 5.74) is 1.59. The van der Waals surface area contributed by atoms with Crippen LogP contribution < -0.4 is 5.32 Å². The van der Waals surface area contributed by atoms with Crippen molar-refractivity contribution in [1.29, 1.82) is 0 Å². The van der Waals surface area contributed by atoms with Crippen molar-refractivity contribution in [3.8, 4) is 0 Å². The molecule has 1 aromatic carbocycles. The van der Waals surface area contributed by atoms with Crippen LogP contribution in [0.1, 0.15) is 48.4 Å². The lowest BCUT2D eigenvalue weighted by molar-refractivity contribution is -0.113. The topological polar surface area (TPSA) is 54.9 Å². The molecule has 1 N–H and O–H groups in total. The van der Waals surface area contributed by atoms with Crippen LogP contribution in [0.2, 0.25) is 0 Å². The van der Waals surface area contributed by atoms with E-state index in [0.717, 1.165) is 46.8 Å². The number of thiophene rings is 1. The Morgan fingerprint density at radius 1 is 1.28 bits per heavy atom. The molecular weight excluding hydrogens is 405 g/mol. The number of thioether (sulfide) groups is 1. The summed E-state index contributed by atoms with van der Waals surface area (Å²) < 4.78 is 13.8. The van der Waals surface area contributed by atoms with Crippen molar-refractivity contribution < 1.29 is 9.18 Å². The third kappa shape index (κ3) is 3.90. The maximum atomic E-state index is 13.8. The molecule has 3 aromatic rings. The fraction of sp³-hybridized carbons (Fsp3) is 0.409. The smallest absolute Gasteiger partial charge is 0.234 e. The molecule has 0 bridgehead atoms. The van der Waals surface area contributed by atoms with Crippen LogP contribution in [0.15, 0.2) is 29.3 Å². The van der Waals surface area contributed by atoms with Crippen molar-refractivity contribution in [2.75, 3.05) is 11.1 Å². The lowest BCUT2D eigenvalue weighted by atomic mass is 9.89. The fourth-order valence-electron chi connectivity index (χ4n) is 3.84. The summed E-state index contributed by atoms with van der Waals surface area (Å²) in [4.78, 5) is 24.7. The number of nitrogens with zero attached hydrogens (tertiary/aromatic N) is 2. The van der Waals surface area contributed by atoms with Crippen molar-refractivity contribution in [3.63, 3.8) is 0 Å². The predicted molar refractivity (Wildman–Crippen MR) is 116 cm³/mol. The van der Waals surface area contributed by atoms with Gasteiger partial charge in [-0.2, -0.15) is 0 Å². The number of hydrogen-bond donors (Lipinski definition) is 1. The number of carbonyl (C=O) groups is 1. The number of aromatic nitrogens is 2. The number of hydrogen-bond acceptors (Lipinski definition) is 5. The van der Waals surface area contributed by atoms with E-state index in [1.807, 2.05) is 0 Å². The van der Waals surface area contributed by atoms with Crippen molar-refractivity contribution >= 4 is 44.9 Å². The first-order chi connectivity index (χ1) is 14.1. The summed E-state index contributed by atoms with van der Waals surface area (Å²) in [6.45, 7) is 2.30. The van der Waals surface area contributed by atoms with Gasteiger partial charge in [-0.25, -0.2) is 14.4 Å². The Labute approximate surface area is 177 Å². The highest BCUT2D eigenvalue weighted by Crippen LogP contribution is 2.44. The number of anilines is 1.